The van der Waals surface area contributed by atoms with Gasteiger partial charge >= 0.3 is 0 Å². The van der Waals surface area contributed by atoms with Gasteiger partial charge in [-0.15, -0.1) is 0 Å². The SMILES string of the molecule is CCCCCn1nc(C(=O)NC2CCN(Cc3ccc(F)cc3)CC2)c2ccccc2c1=O. The van der Waals surface area contributed by atoms with E-state index in [2.05, 4.69) is 22.2 Å². The van der Waals surface area contributed by atoms with Crippen LogP contribution in [0.5, 0.6) is 0 Å². The van der Waals surface area contributed by atoms with Gasteiger partial charge in [-0.05, 0) is 43.0 Å². The molecule has 1 aliphatic rings. The standard InChI is InChI=1S/C26H31FN4O2/c1-2-3-6-15-31-26(33)23-8-5-4-7-22(23)24(29-31)25(32)28-21-13-16-30(17-14-21)18-19-9-11-20(27)12-10-19/h4-5,7-12,21H,2-3,6,13-18H2,1H3,(H,28,32). The van der Waals surface area contributed by atoms with Crippen LogP contribution < -0.4 is 10.9 Å². The molecule has 2 heterocycles. The molecule has 1 fully saturated rings. The average Bonchev–Trinajstić information content (AvgIpc) is 2.83. The van der Waals surface area contributed by atoms with E-state index < -0.39 is 0 Å². The van der Waals surface area contributed by atoms with Gasteiger partial charge in [-0.2, -0.15) is 5.10 Å². The summed E-state index contributed by atoms with van der Waals surface area (Å²) < 4.78 is 14.6. The molecule has 0 bridgehead atoms. The first kappa shape index (κ1) is 23.1. The Morgan fingerprint density at radius 2 is 1.76 bits per heavy atom. The minimum Gasteiger partial charge on any atom is -0.348 e. The van der Waals surface area contributed by atoms with Crippen LogP contribution in [0.1, 0.15) is 55.1 Å². The van der Waals surface area contributed by atoms with Gasteiger partial charge in [-0.1, -0.05) is 50.1 Å². The zero-order valence-electron chi connectivity index (χ0n) is 19.1. The molecule has 174 valence electrons. The Morgan fingerprint density at radius 3 is 2.45 bits per heavy atom. The summed E-state index contributed by atoms with van der Waals surface area (Å²) in [7, 11) is 0. The molecule has 0 saturated carbocycles. The van der Waals surface area contributed by atoms with Crippen molar-refractivity contribution in [1.29, 1.82) is 0 Å². The second-order valence-corrected chi connectivity index (χ2v) is 8.78. The van der Waals surface area contributed by atoms with Gasteiger partial charge < -0.3 is 5.32 Å². The van der Waals surface area contributed by atoms with Gasteiger partial charge in [0, 0.05) is 37.6 Å². The van der Waals surface area contributed by atoms with Crippen LogP contribution >= 0.6 is 0 Å². The maximum absolute atomic E-state index is 13.2. The summed E-state index contributed by atoms with van der Waals surface area (Å²) in [5.74, 6) is -0.453. The fraction of sp³-hybridized carbons (Fsp3) is 0.423. The number of carbonyl (C=O) groups is 1. The van der Waals surface area contributed by atoms with Gasteiger partial charge in [0.25, 0.3) is 11.5 Å². The number of nitrogens with one attached hydrogen (secondary N) is 1. The number of amides is 1. The summed E-state index contributed by atoms with van der Waals surface area (Å²) in [6, 6.07) is 13.9. The third-order valence-electron chi connectivity index (χ3n) is 6.30. The number of aryl methyl sites for hydroxylation is 1. The fourth-order valence-corrected chi connectivity index (χ4v) is 4.40. The van der Waals surface area contributed by atoms with Crippen LogP contribution in [0.15, 0.2) is 53.3 Å². The van der Waals surface area contributed by atoms with Crippen molar-refractivity contribution < 1.29 is 9.18 Å². The summed E-state index contributed by atoms with van der Waals surface area (Å²) in [6.07, 6.45) is 4.59. The highest BCUT2D eigenvalue weighted by Crippen LogP contribution is 2.17. The minimum absolute atomic E-state index is 0.0583. The Kier molecular flexibility index (Phi) is 7.50. The number of carbonyl (C=O) groups excluding carboxylic acids is 1. The van der Waals surface area contributed by atoms with Crippen LogP contribution in [0.25, 0.3) is 10.8 Å². The molecule has 1 saturated heterocycles. The summed E-state index contributed by atoms with van der Waals surface area (Å²) in [4.78, 5) is 28.3. The Labute approximate surface area is 193 Å². The van der Waals surface area contributed by atoms with Gasteiger partial charge in [0.15, 0.2) is 5.69 Å². The van der Waals surface area contributed by atoms with Crippen molar-refractivity contribution in [3.05, 3.63) is 76.0 Å². The predicted octanol–water partition coefficient (Wildman–Crippen LogP) is 4.12. The van der Waals surface area contributed by atoms with Gasteiger partial charge in [-0.3, -0.25) is 14.5 Å². The van der Waals surface area contributed by atoms with E-state index in [0.717, 1.165) is 57.3 Å². The van der Waals surface area contributed by atoms with Crippen molar-refractivity contribution in [3.8, 4) is 0 Å². The maximum atomic E-state index is 13.2. The highest BCUT2D eigenvalue weighted by atomic mass is 19.1. The summed E-state index contributed by atoms with van der Waals surface area (Å²) >= 11 is 0. The normalized spacial score (nSPS) is 15.1. The first-order valence-electron chi connectivity index (χ1n) is 11.8. The van der Waals surface area contributed by atoms with Gasteiger partial charge in [0.1, 0.15) is 5.82 Å². The summed E-state index contributed by atoms with van der Waals surface area (Å²) in [5, 5.41) is 8.74. The van der Waals surface area contributed by atoms with E-state index in [1.165, 1.54) is 16.8 Å². The first-order chi connectivity index (χ1) is 16.0. The summed E-state index contributed by atoms with van der Waals surface area (Å²) in [5.41, 5.74) is 1.25. The smallest absolute Gasteiger partial charge is 0.274 e. The Morgan fingerprint density at radius 1 is 1.06 bits per heavy atom. The Bertz CT molecular complexity index is 1150. The molecule has 0 aliphatic carbocycles. The number of hydrogen-bond donors (Lipinski definition) is 1. The third kappa shape index (κ3) is 5.66. The molecule has 1 aromatic heterocycles. The summed E-state index contributed by atoms with van der Waals surface area (Å²) in [6.45, 7) is 5.11. The molecule has 0 unspecified atom stereocenters. The molecule has 0 radical (unpaired) electrons. The van der Waals surface area contributed by atoms with Crippen molar-refractivity contribution in [2.24, 2.45) is 0 Å². The van der Waals surface area contributed by atoms with Crippen molar-refractivity contribution >= 4 is 16.7 Å². The van der Waals surface area contributed by atoms with Crippen molar-refractivity contribution in [2.45, 2.75) is 58.2 Å². The van der Waals surface area contributed by atoms with E-state index in [1.807, 2.05) is 24.3 Å². The second kappa shape index (κ2) is 10.7. The van der Waals surface area contributed by atoms with E-state index in [9.17, 15) is 14.0 Å². The number of hydrogen-bond acceptors (Lipinski definition) is 4. The molecule has 4 rings (SSSR count). The first-order valence-corrected chi connectivity index (χ1v) is 11.8. The molecule has 1 amide bonds. The lowest BCUT2D eigenvalue weighted by molar-refractivity contribution is 0.0903. The Hall–Kier alpha value is -3.06. The van der Waals surface area contributed by atoms with Gasteiger partial charge in [0.05, 0.1) is 5.39 Å². The lowest BCUT2D eigenvalue weighted by Crippen LogP contribution is -2.45. The number of likely N-dealkylation sites (tertiary alicyclic amines) is 1. The van der Waals surface area contributed by atoms with Crippen molar-refractivity contribution in [2.75, 3.05) is 13.1 Å². The quantitative estimate of drug-likeness (QED) is 0.524. The van der Waals surface area contributed by atoms with E-state index in [1.54, 1.807) is 12.1 Å². The third-order valence-corrected chi connectivity index (χ3v) is 6.30. The van der Waals surface area contributed by atoms with Crippen LogP contribution in [0.3, 0.4) is 0 Å². The Balaban J connectivity index is 1.43. The highest BCUT2D eigenvalue weighted by molar-refractivity contribution is 6.04. The number of rotatable bonds is 8. The predicted molar refractivity (Wildman–Crippen MR) is 128 cm³/mol. The number of piperidine rings is 1. The average molecular weight is 451 g/mol. The maximum Gasteiger partial charge on any atom is 0.274 e. The van der Waals surface area contributed by atoms with Crippen molar-refractivity contribution in [3.63, 3.8) is 0 Å². The molecular weight excluding hydrogens is 419 g/mol. The molecule has 33 heavy (non-hydrogen) atoms. The number of aromatic nitrogens is 2. The van der Waals surface area contributed by atoms with Gasteiger partial charge in [-0.25, -0.2) is 9.07 Å². The molecule has 0 atom stereocenters. The number of unbranched alkanes of at least 4 members (excludes halogenated alkanes) is 2. The lowest BCUT2D eigenvalue weighted by Gasteiger charge is -2.32. The number of benzene rings is 2. The molecule has 1 N–H and O–H groups in total. The molecule has 3 aromatic rings. The number of halogens is 1. The zero-order chi connectivity index (χ0) is 23.2. The molecule has 0 spiro atoms. The van der Waals surface area contributed by atoms with Crippen LogP contribution in [0.2, 0.25) is 0 Å². The van der Waals surface area contributed by atoms with Crippen LogP contribution in [-0.2, 0) is 13.1 Å². The van der Waals surface area contributed by atoms with E-state index in [4.69, 9.17) is 0 Å². The monoisotopic (exact) mass is 450 g/mol. The topological polar surface area (TPSA) is 67.2 Å². The van der Waals surface area contributed by atoms with E-state index in [0.29, 0.717) is 23.0 Å². The van der Waals surface area contributed by atoms with Crippen LogP contribution in [-0.4, -0.2) is 39.7 Å². The largest absolute Gasteiger partial charge is 0.348 e. The fourth-order valence-electron chi connectivity index (χ4n) is 4.40. The van der Waals surface area contributed by atoms with Crippen LogP contribution in [0, 0.1) is 5.82 Å². The van der Waals surface area contributed by atoms with E-state index >= 15 is 0 Å². The molecular formula is C26H31FN4O2. The molecule has 6 nitrogen and oxygen atoms in total. The second-order valence-electron chi connectivity index (χ2n) is 8.78. The molecule has 1 aliphatic heterocycles. The molecule has 7 heteroatoms. The molecule has 2 aromatic carbocycles. The van der Waals surface area contributed by atoms with E-state index in [-0.39, 0.29) is 23.3 Å². The van der Waals surface area contributed by atoms with Crippen LogP contribution in [0.4, 0.5) is 4.39 Å². The highest BCUT2D eigenvalue weighted by Gasteiger charge is 2.23. The van der Waals surface area contributed by atoms with Crippen molar-refractivity contribution in [1.82, 2.24) is 20.0 Å². The zero-order valence-corrected chi connectivity index (χ0v) is 19.1. The minimum atomic E-state index is -0.229. The number of nitrogens with zero attached hydrogens (tertiary/aromatic N) is 3. The number of fused-ring (bicyclic) bond motifs is 1. The lowest BCUT2D eigenvalue weighted by atomic mass is 10.0. The van der Waals surface area contributed by atoms with Gasteiger partial charge in [0.2, 0.25) is 0 Å².